The Labute approximate surface area is 167 Å². The van der Waals surface area contributed by atoms with Crippen LogP contribution in [0.5, 0.6) is 0 Å². The number of aliphatic carboxylic acids is 1. The van der Waals surface area contributed by atoms with Gasteiger partial charge in [0, 0.05) is 38.3 Å². The van der Waals surface area contributed by atoms with Gasteiger partial charge in [-0.3, -0.25) is 14.5 Å². The van der Waals surface area contributed by atoms with Crippen LogP contribution in [-0.4, -0.2) is 53.0 Å². The lowest BCUT2D eigenvalue weighted by Crippen LogP contribution is -2.36. The molecule has 3 fully saturated rings. The molecule has 4 rings (SSSR count). The second kappa shape index (κ2) is 8.19. The van der Waals surface area contributed by atoms with Crippen molar-refractivity contribution < 1.29 is 14.7 Å². The Kier molecular flexibility index (Phi) is 6.11. The van der Waals surface area contributed by atoms with Crippen LogP contribution >= 0.6 is 12.4 Å². The van der Waals surface area contributed by atoms with Crippen molar-refractivity contribution in [3.05, 3.63) is 35.4 Å². The van der Waals surface area contributed by atoms with Gasteiger partial charge in [-0.25, -0.2) is 0 Å². The number of benzene rings is 1. The van der Waals surface area contributed by atoms with Crippen molar-refractivity contribution in [1.29, 1.82) is 0 Å². The topological polar surface area (TPSA) is 60.9 Å². The monoisotopic (exact) mass is 392 g/mol. The summed E-state index contributed by atoms with van der Waals surface area (Å²) in [7, 11) is 0. The van der Waals surface area contributed by atoms with Crippen LogP contribution in [0, 0.1) is 11.3 Å². The van der Waals surface area contributed by atoms with Crippen molar-refractivity contribution in [3.63, 3.8) is 0 Å². The minimum absolute atomic E-state index is 0. The average molecular weight is 393 g/mol. The molecule has 1 amide bonds. The number of carbonyl (C=O) groups excluding carboxylic acids is 1. The number of piperidine rings is 1. The zero-order chi connectivity index (χ0) is 18.1. The Bertz CT molecular complexity index is 704. The molecule has 0 unspecified atom stereocenters. The predicted octanol–water partition coefficient (Wildman–Crippen LogP) is 3.42. The van der Waals surface area contributed by atoms with Crippen LogP contribution in [0.4, 0.5) is 0 Å². The molecule has 27 heavy (non-hydrogen) atoms. The largest absolute Gasteiger partial charge is 0.481 e. The van der Waals surface area contributed by atoms with Crippen molar-refractivity contribution in [3.8, 4) is 0 Å². The highest BCUT2D eigenvalue weighted by Gasteiger charge is 2.54. The van der Waals surface area contributed by atoms with Gasteiger partial charge >= 0.3 is 5.97 Å². The van der Waals surface area contributed by atoms with Crippen LogP contribution in [0.1, 0.15) is 54.4 Å². The van der Waals surface area contributed by atoms with Gasteiger partial charge in [0.05, 0.1) is 5.41 Å². The van der Waals surface area contributed by atoms with Gasteiger partial charge in [0.2, 0.25) is 0 Å². The first-order valence-electron chi connectivity index (χ1n) is 9.92. The summed E-state index contributed by atoms with van der Waals surface area (Å²) < 4.78 is 0. The van der Waals surface area contributed by atoms with E-state index < -0.39 is 11.4 Å². The van der Waals surface area contributed by atoms with Gasteiger partial charge in [0.15, 0.2) is 0 Å². The smallest absolute Gasteiger partial charge is 0.311 e. The summed E-state index contributed by atoms with van der Waals surface area (Å²) >= 11 is 0. The Morgan fingerprint density at radius 3 is 2.63 bits per heavy atom. The van der Waals surface area contributed by atoms with Gasteiger partial charge in [-0.2, -0.15) is 0 Å². The second-order valence-electron chi connectivity index (χ2n) is 8.27. The highest BCUT2D eigenvalue weighted by Crippen LogP contribution is 2.49. The number of amides is 1. The molecule has 6 heteroatoms. The molecule has 2 aliphatic heterocycles. The van der Waals surface area contributed by atoms with Crippen molar-refractivity contribution in [1.82, 2.24) is 9.80 Å². The molecule has 2 atom stereocenters. The fourth-order valence-corrected chi connectivity index (χ4v) is 5.20. The summed E-state index contributed by atoms with van der Waals surface area (Å²) in [6.07, 6.45) is 6.26. The van der Waals surface area contributed by atoms with E-state index in [1.54, 1.807) is 0 Å². The standard InChI is InChI=1S/C21H28N2O3.ClH/c24-19(23-10-2-1-3-11-23)17-7-4-6-16(12-17)13-22-14-18-8-5-9-21(18,15-22)20(25)26;/h4,6-7,12,18H,1-3,5,8-11,13-15H2,(H,25,26);1H/t18-,21+;/m0./s1. The van der Waals surface area contributed by atoms with Crippen molar-refractivity contribution in [2.45, 2.75) is 45.1 Å². The first-order chi connectivity index (χ1) is 12.6. The van der Waals surface area contributed by atoms with Gasteiger partial charge in [0.1, 0.15) is 0 Å². The summed E-state index contributed by atoms with van der Waals surface area (Å²) in [6, 6.07) is 7.90. The molecule has 2 heterocycles. The maximum atomic E-state index is 12.7. The van der Waals surface area contributed by atoms with E-state index in [9.17, 15) is 14.7 Å². The number of hydrogen-bond acceptors (Lipinski definition) is 3. The van der Waals surface area contributed by atoms with Crippen LogP contribution in [0.25, 0.3) is 0 Å². The Hall–Kier alpha value is -1.59. The minimum Gasteiger partial charge on any atom is -0.481 e. The molecule has 0 radical (unpaired) electrons. The molecule has 5 nitrogen and oxygen atoms in total. The number of rotatable bonds is 4. The number of likely N-dealkylation sites (tertiary alicyclic amines) is 2. The van der Waals surface area contributed by atoms with Gasteiger partial charge in [-0.05, 0) is 55.7 Å². The molecule has 2 saturated heterocycles. The first kappa shape index (κ1) is 20.2. The quantitative estimate of drug-likeness (QED) is 0.852. The number of hydrogen-bond donors (Lipinski definition) is 1. The molecular formula is C21H29ClN2O3. The molecule has 1 saturated carbocycles. The Balaban J connectivity index is 0.00000210. The Morgan fingerprint density at radius 1 is 1.15 bits per heavy atom. The summed E-state index contributed by atoms with van der Waals surface area (Å²) in [4.78, 5) is 28.8. The normalized spacial score (nSPS) is 27.9. The predicted molar refractivity (Wildman–Crippen MR) is 106 cm³/mol. The van der Waals surface area contributed by atoms with Crippen LogP contribution in [-0.2, 0) is 11.3 Å². The molecule has 148 valence electrons. The summed E-state index contributed by atoms with van der Waals surface area (Å²) in [5.74, 6) is -0.221. The maximum absolute atomic E-state index is 12.7. The van der Waals surface area contributed by atoms with Crippen LogP contribution < -0.4 is 0 Å². The second-order valence-corrected chi connectivity index (χ2v) is 8.27. The Morgan fingerprint density at radius 2 is 1.93 bits per heavy atom. The molecular weight excluding hydrogens is 364 g/mol. The van der Waals surface area contributed by atoms with Crippen molar-refractivity contribution >= 4 is 24.3 Å². The first-order valence-corrected chi connectivity index (χ1v) is 9.92. The lowest BCUT2D eigenvalue weighted by atomic mass is 9.81. The van der Waals surface area contributed by atoms with Crippen LogP contribution in [0.15, 0.2) is 24.3 Å². The van der Waals surface area contributed by atoms with Gasteiger partial charge in [-0.1, -0.05) is 18.6 Å². The lowest BCUT2D eigenvalue weighted by Gasteiger charge is -2.27. The third-order valence-corrected chi connectivity index (χ3v) is 6.59. The highest BCUT2D eigenvalue weighted by molar-refractivity contribution is 5.94. The van der Waals surface area contributed by atoms with Crippen molar-refractivity contribution in [2.75, 3.05) is 26.2 Å². The maximum Gasteiger partial charge on any atom is 0.311 e. The van der Waals surface area contributed by atoms with Crippen LogP contribution in [0.2, 0.25) is 0 Å². The molecule has 0 aromatic heterocycles. The molecule has 1 aromatic carbocycles. The third-order valence-electron chi connectivity index (χ3n) is 6.59. The fourth-order valence-electron chi connectivity index (χ4n) is 5.20. The number of halogens is 1. The zero-order valence-corrected chi connectivity index (χ0v) is 16.5. The number of carbonyl (C=O) groups is 2. The van der Waals surface area contributed by atoms with E-state index in [0.717, 1.165) is 69.4 Å². The number of nitrogens with zero attached hydrogens (tertiary/aromatic N) is 2. The van der Waals surface area contributed by atoms with Gasteiger partial charge in [0.25, 0.3) is 5.91 Å². The summed E-state index contributed by atoms with van der Waals surface area (Å²) in [5.41, 5.74) is 1.33. The number of carboxylic acids is 1. The van der Waals surface area contributed by atoms with E-state index in [4.69, 9.17) is 0 Å². The average Bonchev–Trinajstić information content (AvgIpc) is 3.20. The summed E-state index contributed by atoms with van der Waals surface area (Å²) in [6.45, 7) is 3.94. The van der Waals surface area contributed by atoms with E-state index in [2.05, 4.69) is 11.0 Å². The van der Waals surface area contributed by atoms with E-state index in [-0.39, 0.29) is 24.2 Å². The SMILES string of the molecule is Cl.O=C(c1cccc(CN2C[C@@H]3CCC[C@@]3(C(=O)O)C2)c1)N1CCCCC1. The molecule has 0 bridgehead atoms. The molecule has 1 N–H and O–H groups in total. The summed E-state index contributed by atoms with van der Waals surface area (Å²) in [5, 5.41) is 9.74. The third kappa shape index (κ3) is 3.85. The molecule has 1 aromatic rings. The van der Waals surface area contributed by atoms with E-state index in [1.165, 1.54) is 6.42 Å². The number of fused-ring (bicyclic) bond motifs is 1. The van der Waals surface area contributed by atoms with Gasteiger partial charge < -0.3 is 10.0 Å². The van der Waals surface area contributed by atoms with Crippen molar-refractivity contribution in [2.24, 2.45) is 11.3 Å². The number of carboxylic acid groups (broad SMARTS) is 1. The van der Waals surface area contributed by atoms with Gasteiger partial charge in [-0.15, -0.1) is 12.4 Å². The molecule has 0 spiro atoms. The molecule has 3 aliphatic rings. The minimum atomic E-state index is -0.628. The zero-order valence-electron chi connectivity index (χ0n) is 15.7. The van der Waals surface area contributed by atoms with E-state index in [1.807, 2.05) is 23.1 Å². The van der Waals surface area contributed by atoms with E-state index in [0.29, 0.717) is 6.54 Å². The molecule has 1 aliphatic carbocycles. The van der Waals surface area contributed by atoms with Crippen LogP contribution in [0.3, 0.4) is 0 Å². The van der Waals surface area contributed by atoms with E-state index >= 15 is 0 Å². The lowest BCUT2D eigenvalue weighted by molar-refractivity contribution is -0.149. The fraction of sp³-hybridized carbons (Fsp3) is 0.619. The highest BCUT2D eigenvalue weighted by atomic mass is 35.5.